The SMILES string of the molecule is CCOC(=O)C(O)Cc1ccc(OCCCOc2ccc(Cc3ccc(F)cc3)cc2)cc1.CO. The fourth-order valence-electron chi connectivity index (χ4n) is 3.25. The molecule has 0 aliphatic carbocycles. The lowest BCUT2D eigenvalue weighted by Gasteiger charge is -2.11. The Hall–Kier alpha value is -3.42. The number of hydrogen-bond donors (Lipinski definition) is 2. The Morgan fingerprint density at radius 3 is 1.74 bits per heavy atom. The van der Waals surface area contributed by atoms with Crippen LogP contribution in [0.5, 0.6) is 11.5 Å². The lowest BCUT2D eigenvalue weighted by Crippen LogP contribution is -2.25. The number of aliphatic hydroxyl groups is 2. The third-order valence-corrected chi connectivity index (χ3v) is 4.98. The monoisotopic (exact) mass is 484 g/mol. The topological polar surface area (TPSA) is 85.2 Å². The van der Waals surface area contributed by atoms with Crippen LogP contribution >= 0.6 is 0 Å². The van der Waals surface area contributed by atoms with Crippen LogP contribution in [0.1, 0.15) is 30.0 Å². The molecule has 2 N–H and O–H groups in total. The minimum Gasteiger partial charge on any atom is -0.493 e. The molecule has 0 aromatic heterocycles. The van der Waals surface area contributed by atoms with Gasteiger partial charge in [-0.15, -0.1) is 0 Å². The van der Waals surface area contributed by atoms with Crippen LogP contribution in [0.2, 0.25) is 0 Å². The zero-order valence-electron chi connectivity index (χ0n) is 20.2. The van der Waals surface area contributed by atoms with Gasteiger partial charge in [-0.25, -0.2) is 9.18 Å². The highest BCUT2D eigenvalue weighted by molar-refractivity contribution is 5.74. The quantitative estimate of drug-likeness (QED) is 0.294. The molecule has 0 bridgehead atoms. The van der Waals surface area contributed by atoms with Gasteiger partial charge in [0, 0.05) is 20.0 Å². The standard InChI is InChI=1S/C27H29FO5.CH4O/c1-2-31-27(30)26(29)19-22-8-14-25(15-9-22)33-17-3-16-32-24-12-6-21(7-13-24)18-20-4-10-23(28)11-5-20;1-2/h4-15,26,29H,2-3,16-19H2,1H3;2H,1H3. The van der Waals surface area contributed by atoms with Crippen molar-refractivity contribution in [3.63, 3.8) is 0 Å². The molecule has 0 amide bonds. The summed E-state index contributed by atoms with van der Waals surface area (Å²) in [4.78, 5) is 11.5. The Bertz CT molecular complexity index is 987. The summed E-state index contributed by atoms with van der Waals surface area (Å²) in [6.07, 6.45) is 0.511. The zero-order valence-corrected chi connectivity index (χ0v) is 20.2. The van der Waals surface area contributed by atoms with E-state index in [2.05, 4.69) is 0 Å². The number of halogens is 1. The second-order valence-corrected chi connectivity index (χ2v) is 7.61. The number of benzene rings is 3. The molecule has 0 spiro atoms. The van der Waals surface area contributed by atoms with Crippen molar-refractivity contribution < 1.29 is 33.6 Å². The van der Waals surface area contributed by atoms with E-state index in [-0.39, 0.29) is 18.8 Å². The van der Waals surface area contributed by atoms with E-state index in [1.54, 1.807) is 19.1 Å². The van der Waals surface area contributed by atoms with E-state index in [9.17, 15) is 14.3 Å². The summed E-state index contributed by atoms with van der Waals surface area (Å²) < 4.78 is 29.3. The van der Waals surface area contributed by atoms with Crippen LogP contribution in [0.3, 0.4) is 0 Å². The molecule has 1 unspecified atom stereocenters. The van der Waals surface area contributed by atoms with Crippen LogP contribution in [-0.4, -0.2) is 49.2 Å². The molecule has 3 aromatic carbocycles. The predicted octanol–water partition coefficient (Wildman–Crippen LogP) is 4.34. The van der Waals surface area contributed by atoms with E-state index in [1.807, 2.05) is 48.5 Å². The Morgan fingerprint density at radius 1 is 0.800 bits per heavy atom. The van der Waals surface area contributed by atoms with E-state index in [0.29, 0.717) is 13.2 Å². The minimum absolute atomic E-state index is 0.204. The molecule has 6 nitrogen and oxygen atoms in total. The molecule has 0 heterocycles. The van der Waals surface area contributed by atoms with Crippen LogP contribution < -0.4 is 9.47 Å². The molecule has 3 rings (SSSR count). The van der Waals surface area contributed by atoms with Crippen LogP contribution in [0, 0.1) is 5.82 Å². The highest BCUT2D eigenvalue weighted by atomic mass is 19.1. The number of aliphatic hydroxyl groups excluding tert-OH is 2. The van der Waals surface area contributed by atoms with Gasteiger partial charge in [0.25, 0.3) is 0 Å². The minimum atomic E-state index is -1.16. The van der Waals surface area contributed by atoms with Gasteiger partial charge in [0.2, 0.25) is 0 Å². The largest absolute Gasteiger partial charge is 0.493 e. The number of ether oxygens (including phenoxy) is 3. The van der Waals surface area contributed by atoms with E-state index in [4.69, 9.17) is 19.3 Å². The highest BCUT2D eigenvalue weighted by Gasteiger charge is 2.16. The third kappa shape index (κ3) is 10.2. The molecule has 0 fully saturated rings. The van der Waals surface area contributed by atoms with Crippen molar-refractivity contribution in [2.45, 2.75) is 32.3 Å². The van der Waals surface area contributed by atoms with Gasteiger partial charge < -0.3 is 24.4 Å². The van der Waals surface area contributed by atoms with Crippen LogP contribution in [0.15, 0.2) is 72.8 Å². The van der Waals surface area contributed by atoms with Crippen molar-refractivity contribution >= 4 is 5.97 Å². The number of carbonyl (C=O) groups is 1. The fourth-order valence-corrected chi connectivity index (χ4v) is 3.25. The Labute approximate surface area is 205 Å². The van der Waals surface area contributed by atoms with Gasteiger partial charge in [0.1, 0.15) is 17.3 Å². The normalized spacial score (nSPS) is 11.1. The van der Waals surface area contributed by atoms with Gasteiger partial charge in [-0.05, 0) is 66.4 Å². The summed E-state index contributed by atoms with van der Waals surface area (Å²) in [5.74, 6) is 0.673. The second-order valence-electron chi connectivity index (χ2n) is 7.61. The number of rotatable bonds is 12. The number of hydrogen-bond acceptors (Lipinski definition) is 6. The van der Waals surface area contributed by atoms with E-state index in [1.165, 1.54) is 12.1 Å². The fraction of sp³-hybridized carbons (Fsp3) is 0.321. The molecule has 0 radical (unpaired) electrons. The first-order valence-corrected chi connectivity index (χ1v) is 11.5. The van der Waals surface area contributed by atoms with E-state index in [0.717, 1.165) is 48.1 Å². The summed E-state index contributed by atoms with van der Waals surface area (Å²) >= 11 is 0. The summed E-state index contributed by atoms with van der Waals surface area (Å²) in [7, 11) is 1.00. The molecule has 3 aromatic rings. The van der Waals surface area contributed by atoms with Crippen LogP contribution in [0.25, 0.3) is 0 Å². The smallest absolute Gasteiger partial charge is 0.335 e. The summed E-state index contributed by atoms with van der Waals surface area (Å²) in [6, 6.07) is 21.7. The molecule has 0 saturated heterocycles. The first kappa shape index (κ1) is 27.8. The van der Waals surface area contributed by atoms with Crippen molar-refractivity contribution in [1.29, 1.82) is 0 Å². The van der Waals surface area contributed by atoms with Crippen molar-refractivity contribution in [2.24, 2.45) is 0 Å². The van der Waals surface area contributed by atoms with Gasteiger partial charge in [-0.1, -0.05) is 36.4 Å². The van der Waals surface area contributed by atoms with Gasteiger partial charge in [0.15, 0.2) is 6.10 Å². The molecule has 35 heavy (non-hydrogen) atoms. The predicted molar refractivity (Wildman–Crippen MR) is 132 cm³/mol. The first-order chi connectivity index (χ1) is 17.0. The van der Waals surface area contributed by atoms with Crippen molar-refractivity contribution in [1.82, 2.24) is 0 Å². The Kier molecular flexibility index (Phi) is 12.3. The molecule has 1 atom stereocenters. The molecular weight excluding hydrogens is 451 g/mol. The van der Waals surface area contributed by atoms with Gasteiger partial charge in [-0.2, -0.15) is 0 Å². The number of carbonyl (C=O) groups excluding carboxylic acids is 1. The summed E-state index contributed by atoms with van der Waals surface area (Å²) in [5, 5.41) is 16.8. The van der Waals surface area contributed by atoms with Crippen molar-refractivity contribution in [2.75, 3.05) is 26.9 Å². The van der Waals surface area contributed by atoms with E-state index < -0.39 is 12.1 Å². The lowest BCUT2D eigenvalue weighted by molar-refractivity contribution is -0.152. The number of esters is 1. The Balaban J connectivity index is 0.00000210. The molecule has 0 saturated carbocycles. The molecule has 188 valence electrons. The molecule has 0 aliphatic heterocycles. The molecule has 7 heteroatoms. The van der Waals surface area contributed by atoms with Gasteiger partial charge in [0.05, 0.1) is 19.8 Å². The first-order valence-electron chi connectivity index (χ1n) is 11.5. The maximum absolute atomic E-state index is 13.0. The summed E-state index contributed by atoms with van der Waals surface area (Å²) in [5.41, 5.74) is 3.02. The lowest BCUT2D eigenvalue weighted by atomic mass is 10.1. The second kappa shape index (κ2) is 15.5. The van der Waals surface area contributed by atoms with Crippen molar-refractivity contribution in [3.05, 3.63) is 95.3 Å². The summed E-state index contributed by atoms with van der Waals surface area (Å²) in [6.45, 7) is 2.99. The highest BCUT2D eigenvalue weighted by Crippen LogP contribution is 2.17. The van der Waals surface area contributed by atoms with Gasteiger partial charge in [-0.3, -0.25) is 0 Å². The van der Waals surface area contributed by atoms with Gasteiger partial charge >= 0.3 is 5.97 Å². The Morgan fingerprint density at radius 2 is 1.26 bits per heavy atom. The third-order valence-electron chi connectivity index (χ3n) is 4.98. The van der Waals surface area contributed by atoms with E-state index >= 15 is 0 Å². The molecular formula is C28H33FO6. The van der Waals surface area contributed by atoms with Crippen molar-refractivity contribution in [3.8, 4) is 11.5 Å². The average molecular weight is 485 g/mol. The maximum atomic E-state index is 13.0. The zero-order chi connectivity index (χ0) is 25.5. The van der Waals surface area contributed by atoms with Crippen LogP contribution in [0.4, 0.5) is 4.39 Å². The molecule has 0 aliphatic rings. The maximum Gasteiger partial charge on any atom is 0.335 e. The van der Waals surface area contributed by atoms with Crippen LogP contribution in [-0.2, 0) is 22.4 Å². The average Bonchev–Trinajstić information content (AvgIpc) is 2.88.